The van der Waals surface area contributed by atoms with E-state index in [1.165, 1.54) is 0 Å². The molecule has 0 aromatic heterocycles. The summed E-state index contributed by atoms with van der Waals surface area (Å²) >= 11 is 0. The molecule has 1 aromatic carbocycles. The molecule has 2 N–H and O–H groups in total. The van der Waals surface area contributed by atoms with E-state index in [0.29, 0.717) is 18.4 Å². The Bertz CT molecular complexity index is 415. The molecular weight excluding hydrogens is 254 g/mol. The maximum Gasteiger partial charge on any atom is 0.220 e. The van der Waals surface area contributed by atoms with Crippen LogP contribution < -0.4 is 5.32 Å². The quantitative estimate of drug-likeness (QED) is 0.802. The van der Waals surface area contributed by atoms with Gasteiger partial charge in [-0.25, -0.2) is 0 Å². The van der Waals surface area contributed by atoms with E-state index in [-0.39, 0.29) is 18.6 Å². The van der Waals surface area contributed by atoms with Crippen molar-refractivity contribution in [3.63, 3.8) is 0 Å². The first-order valence-corrected chi connectivity index (χ1v) is 7.29. The van der Waals surface area contributed by atoms with Crippen molar-refractivity contribution in [2.75, 3.05) is 13.2 Å². The van der Waals surface area contributed by atoms with Crippen LogP contribution in [0.1, 0.15) is 37.8 Å². The van der Waals surface area contributed by atoms with Gasteiger partial charge in [-0.3, -0.25) is 4.79 Å². The van der Waals surface area contributed by atoms with Crippen LogP contribution in [0.5, 0.6) is 0 Å². The lowest BCUT2D eigenvalue weighted by atomic mass is 9.80. The van der Waals surface area contributed by atoms with Gasteiger partial charge >= 0.3 is 0 Å². The van der Waals surface area contributed by atoms with E-state index in [9.17, 15) is 9.90 Å². The van der Waals surface area contributed by atoms with Crippen molar-refractivity contribution in [3.8, 4) is 0 Å². The highest BCUT2D eigenvalue weighted by molar-refractivity contribution is 5.76. The molecular formula is C16H23NO3. The van der Waals surface area contributed by atoms with Crippen molar-refractivity contribution < 1.29 is 14.6 Å². The van der Waals surface area contributed by atoms with Crippen LogP contribution in [0.15, 0.2) is 30.3 Å². The fourth-order valence-electron chi connectivity index (χ4n) is 2.65. The Morgan fingerprint density at radius 2 is 2.10 bits per heavy atom. The molecule has 1 unspecified atom stereocenters. The fourth-order valence-corrected chi connectivity index (χ4v) is 2.65. The second-order valence-electron chi connectivity index (χ2n) is 5.33. The zero-order chi connectivity index (χ0) is 14.4. The van der Waals surface area contributed by atoms with E-state index in [2.05, 4.69) is 5.32 Å². The van der Waals surface area contributed by atoms with Crippen LogP contribution in [0.2, 0.25) is 0 Å². The molecule has 4 nitrogen and oxygen atoms in total. The van der Waals surface area contributed by atoms with Gasteiger partial charge in [0.2, 0.25) is 5.91 Å². The molecule has 1 aromatic rings. The third-order valence-electron chi connectivity index (χ3n) is 3.79. The molecule has 0 spiro atoms. The highest BCUT2D eigenvalue weighted by atomic mass is 16.5. The molecule has 1 fully saturated rings. The summed E-state index contributed by atoms with van der Waals surface area (Å²) in [5.74, 6) is 0.425. The number of rotatable bonds is 7. The lowest BCUT2D eigenvalue weighted by Gasteiger charge is -2.34. The number of nitrogens with one attached hydrogen (secondary N) is 1. The summed E-state index contributed by atoms with van der Waals surface area (Å²) < 4.78 is 5.49. The zero-order valence-electron chi connectivity index (χ0n) is 11.9. The van der Waals surface area contributed by atoms with Gasteiger partial charge in [0.05, 0.1) is 18.8 Å². The maximum absolute atomic E-state index is 12.0. The summed E-state index contributed by atoms with van der Waals surface area (Å²) in [6.45, 7) is 2.65. The molecule has 1 amide bonds. The van der Waals surface area contributed by atoms with E-state index in [1.807, 2.05) is 37.3 Å². The first-order valence-electron chi connectivity index (χ1n) is 7.29. The summed E-state index contributed by atoms with van der Waals surface area (Å²) in [4.78, 5) is 12.0. The number of ether oxygens (including phenoxy) is 1. The molecule has 1 aliphatic rings. The van der Waals surface area contributed by atoms with Gasteiger partial charge < -0.3 is 15.2 Å². The Kier molecular flexibility index (Phi) is 5.56. The minimum Gasteiger partial charge on any atom is -0.394 e. The number of hydrogen-bond acceptors (Lipinski definition) is 3. The van der Waals surface area contributed by atoms with E-state index < -0.39 is 0 Å². The summed E-state index contributed by atoms with van der Waals surface area (Å²) in [6.07, 6.45) is 2.79. The number of benzene rings is 1. The number of aliphatic hydroxyl groups is 1. The van der Waals surface area contributed by atoms with E-state index in [4.69, 9.17) is 4.74 Å². The Labute approximate surface area is 120 Å². The third kappa shape index (κ3) is 4.05. The van der Waals surface area contributed by atoms with Gasteiger partial charge in [0, 0.05) is 13.0 Å². The summed E-state index contributed by atoms with van der Waals surface area (Å²) in [6, 6.07) is 9.24. The van der Waals surface area contributed by atoms with Crippen LogP contribution in [-0.4, -0.2) is 30.3 Å². The normalized spacial score (nSPS) is 22.9. The van der Waals surface area contributed by atoms with Crippen molar-refractivity contribution in [1.82, 2.24) is 5.32 Å². The second-order valence-corrected chi connectivity index (χ2v) is 5.33. The molecule has 0 radical (unpaired) electrons. The molecule has 1 atom stereocenters. The van der Waals surface area contributed by atoms with Crippen LogP contribution in [0, 0.1) is 5.92 Å². The fraction of sp³-hybridized carbons (Fsp3) is 0.562. The molecule has 1 aliphatic carbocycles. The Morgan fingerprint density at radius 3 is 2.70 bits per heavy atom. The number of hydrogen-bond donors (Lipinski definition) is 2. The summed E-state index contributed by atoms with van der Waals surface area (Å²) in [5.41, 5.74) is 0.934. The third-order valence-corrected chi connectivity index (χ3v) is 3.79. The minimum absolute atomic E-state index is 0.00727. The Balaban J connectivity index is 1.76. The van der Waals surface area contributed by atoms with E-state index >= 15 is 0 Å². The molecule has 0 saturated heterocycles. The van der Waals surface area contributed by atoms with Gasteiger partial charge in [-0.1, -0.05) is 30.3 Å². The molecule has 4 heteroatoms. The Hall–Kier alpha value is -1.39. The second kappa shape index (κ2) is 7.41. The molecule has 1 saturated carbocycles. The first-order chi connectivity index (χ1) is 9.72. The lowest BCUT2D eigenvalue weighted by molar-refractivity contribution is -0.125. The van der Waals surface area contributed by atoms with E-state index in [1.54, 1.807) is 0 Å². The summed E-state index contributed by atoms with van der Waals surface area (Å²) in [7, 11) is 0. The van der Waals surface area contributed by atoms with E-state index in [0.717, 1.165) is 25.0 Å². The minimum atomic E-state index is -0.313. The van der Waals surface area contributed by atoms with Gasteiger partial charge in [0.15, 0.2) is 0 Å². The SMILES string of the molecule is CCOC1CC(CC(=O)NC(CO)c2ccccc2)C1. The molecule has 0 heterocycles. The topological polar surface area (TPSA) is 58.6 Å². The molecule has 2 rings (SSSR count). The van der Waals surface area contributed by atoms with Gasteiger partial charge in [0.25, 0.3) is 0 Å². The molecule has 110 valence electrons. The van der Waals surface area contributed by atoms with Gasteiger partial charge in [-0.2, -0.15) is 0 Å². The highest BCUT2D eigenvalue weighted by Gasteiger charge is 2.31. The van der Waals surface area contributed by atoms with Gasteiger partial charge in [0.1, 0.15) is 0 Å². The van der Waals surface area contributed by atoms with Gasteiger partial charge in [-0.05, 0) is 31.2 Å². The van der Waals surface area contributed by atoms with Crippen LogP contribution in [0.25, 0.3) is 0 Å². The predicted octanol–water partition coefficient (Wildman–Crippen LogP) is 2.04. The van der Waals surface area contributed by atoms with Crippen molar-refractivity contribution in [2.24, 2.45) is 5.92 Å². The van der Waals surface area contributed by atoms with Crippen LogP contribution >= 0.6 is 0 Å². The molecule has 20 heavy (non-hydrogen) atoms. The highest BCUT2D eigenvalue weighted by Crippen LogP contribution is 2.32. The molecule has 0 bridgehead atoms. The first kappa shape index (κ1) is 15.0. The lowest BCUT2D eigenvalue weighted by Crippen LogP contribution is -2.37. The van der Waals surface area contributed by atoms with Gasteiger partial charge in [-0.15, -0.1) is 0 Å². The Morgan fingerprint density at radius 1 is 1.40 bits per heavy atom. The number of carbonyl (C=O) groups is 1. The smallest absolute Gasteiger partial charge is 0.220 e. The average Bonchev–Trinajstić information content (AvgIpc) is 2.43. The molecule has 0 aliphatic heterocycles. The predicted molar refractivity (Wildman–Crippen MR) is 77.2 cm³/mol. The average molecular weight is 277 g/mol. The number of aliphatic hydroxyl groups excluding tert-OH is 1. The van der Waals surface area contributed by atoms with Crippen molar-refractivity contribution in [3.05, 3.63) is 35.9 Å². The number of carbonyl (C=O) groups excluding carboxylic acids is 1. The van der Waals surface area contributed by atoms with Crippen molar-refractivity contribution in [1.29, 1.82) is 0 Å². The maximum atomic E-state index is 12.0. The largest absolute Gasteiger partial charge is 0.394 e. The van der Waals surface area contributed by atoms with Crippen molar-refractivity contribution >= 4 is 5.91 Å². The van der Waals surface area contributed by atoms with Crippen LogP contribution in [0.3, 0.4) is 0 Å². The standard InChI is InChI=1S/C16H23NO3/c1-2-20-14-8-12(9-14)10-16(19)17-15(11-18)13-6-4-3-5-7-13/h3-7,12,14-15,18H,2,8-11H2,1H3,(H,17,19). The van der Waals surface area contributed by atoms with Crippen LogP contribution in [0.4, 0.5) is 0 Å². The zero-order valence-corrected chi connectivity index (χ0v) is 11.9. The summed E-state index contributed by atoms with van der Waals surface area (Å²) in [5, 5.41) is 12.3. The number of amides is 1. The monoisotopic (exact) mass is 277 g/mol. The van der Waals surface area contributed by atoms with Crippen molar-refractivity contribution in [2.45, 2.75) is 38.3 Å². The van der Waals surface area contributed by atoms with Crippen LogP contribution in [-0.2, 0) is 9.53 Å².